The molecule has 0 spiro atoms. The molecule has 0 unspecified atom stereocenters. The molecule has 0 saturated carbocycles. The maximum Gasteiger partial charge on any atom is 0.374 e. The molecule has 1 aliphatic rings. The molecule has 2 heterocycles. The second-order valence-corrected chi connectivity index (χ2v) is 5.30. The van der Waals surface area contributed by atoms with Gasteiger partial charge in [-0.15, -0.1) is 0 Å². The number of ether oxygens (including phenoxy) is 2. The molecule has 0 aliphatic carbocycles. The lowest BCUT2D eigenvalue weighted by Gasteiger charge is -2.22. The number of hydrogen-bond acceptors (Lipinski definition) is 6. The summed E-state index contributed by atoms with van der Waals surface area (Å²) in [6.45, 7) is 1.96. The molecule has 2 aromatic rings. The Morgan fingerprint density at radius 2 is 1.87 bits per heavy atom. The van der Waals surface area contributed by atoms with E-state index in [2.05, 4.69) is 10.1 Å². The fourth-order valence-corrected chi connectivity index (χ4v) is 2.79. The quantitative estimate of drug-likeness (QED) is 0.907. The molecule has 0 atom stereocenters. The first kappa shape index (κ1) is 15.2. The maximum absolute atomic E-state index is 11.0. The van der Waals surface area contributed by atoms with E-state index in [1.807, 2.05) is 6.07 Å². The summed E-state index contributed by atoms with van der Waals surface area (Å²) in [7, 11) is 3.17. The van der Waals surface area contributed by atoms with Crippen LogP contribution in [-0.2, 0) is 0 Å². The lowest BCUT2D eigenvalue weighted by Crippen LogP contribution is -2.18. The van der Waals surface area contributed by atoms with Gasteiger partial charge in [0.15, 0.2) is 0 Å². The minimum Gasteiger partial charge on any atom is -0.496 e. The van der Waals surface area contributed by atoms with E-state index >= 15 is 0 Å². The minimum atomic E-state index is -1.16. The Balaban J connectivity index is 2.07. The van der Waals surface area contributed by atoms with Crippen molar-refractivity contribution in [2.75, 3.05) is 32.2 Å². The van der Waals surface area contributed by atoms with Crippen molar-refractivity contribution in [3.05, 3.63) is 24.0 Å². The number of carboxylic acid groups (broad SMARTS) is 1. The number of nitrogens with zero attached hydrogens (tertiary/aromatic N) is 2. The summed E-state index contributed by atoms with van der Waals surface area (Å²) in [5.74, 6) is -0.0893. The van der Waals surface area contributed by atoms with Crippen LogP contribution in [0.4, 0.5) is 5.69 Å². The molecule has 1 N–H and O–H groups in total. The molecule has 1 aromatic heterocycles. The van der Waals surface area contributed by atoms with Crippen LogP contribution in [0.15, 0.2) is 22.7 Å². The number of benzene rings is 1. The fourth-order valence-electron chi connectivity index (χ4n) is 2.79. The molecule has 1 aliphatic heterocycles. The molecule has 0 bridgehead atoms. The highest BCUT2D eigenvalue weighted by Crippen LogP contribution is 2.41. The predicted molar refractivity (Wildman–Crippen MR) is 83.4 cm³/mol. The van der Waals surface area contributed by atoms with Gasteiger partial charge in [0, 0.05) is 30.8 Å². The predicted octanol–water partition coefficient (Wildman–Crippen LogP) is 2.66. The second-order valence-electron chi connectivity index (χ2n) is 5.30. The van der Waals surface area contributed by atoms with Crippen molar-refractivity contribution < 1.29 is 23.9 Å². The van der Waals surface area contributed by atoms with E-state index in [4.69, 9.17) is 19.1 Å². The summed E-state index contributed by atoms with van der Waals surface area (Å²) in [5.41, 5.74) is 1.99. The van der Waals surface area contributed by atoms with Gasteiger partial charge in [0.05, 0.1) is 19.9 Å². The van der Waals surface area contributed by atoms with Crippen molar-refractivity contribution >= 4 is 11.7 Å². The van der Waals surface area contributed by atoms with E-state index in [0.29, 0.717) is 22.8 Å². The number of aromatic nitrogens is 1. The Kier molecular flexibility index (Phi) is 4.10. The van der Waals surface area contributed by atoms with Gasteiger partial charge < -0.3 is 24.0 Å². The van der Waals surface area contributed by atoms with Crippen LogP contribution >= 0.6 is 0 Å². The van der Waals surface area contributed by atoms with Gasteiger partial charge >= 0.3 is 5.97 Å². The first-order chi connectivity index (χ1) is 11.1. The molecule has 7 nitrogen and oxygen atoms in total. The molecule has 0 amide bonds. The summed E-state index contributed by atoms with van der Waals surface area (Å²) in [5, 5.41) is 12.8. The number of aromatic carboxylic acids is 1. The van der Waals surface area contributed by atoms with E-state index < -0.39 is 5.97 Å². The smallest absolute Gasteiger partial charge is 0.374 e. The Morgan fingerprint density at radius 3 is 2.43 bits per heavy atom. The first-order valence-electron chi connectivity index (χ1n) is 7.35. The number of hydrogen-bond donors (Lipinski definition) is 1. The Bertz CT molecular complexity index is 719. The van der Waals surface area contributed by atoms with E-state index in [-0.39, 0.29) is 5.76 Å². The SMILES string of the molecule is COc1cc(N2CCCC2)c(OC)cc1-c1cc(C(=O)O)on1. The van der Waals surface area contributed by atoms with Gasteiger partial charge in [-0.25, -0.2) is 4.79 Å². The highest BCUT2D eigenvalue weighted by atomic mass is 16.5. The van der Waals surface area contributed by atoms with Gasteiger partial charge in [-0.05, 0) is 18.9 Å². The van der Waals surface area contributed by atoms with Gasteiger partial charge in [0.25, 0.3) is 0 Å². The summed E-state index contributed by atoms with van der Waals surface area (Å²) in [4.78, 5) is 13.2. The summed E-state index contributed by atoms with van der Waals surface area (Å²) < 4.78 is 15.8. The van der Waals surface area contributed by atoms with Crippen molar-refractivity contribution in [1.29, 1.82) is 0 Å². The van der Waals surface area contributed by atoms with E-state index in [1.165, 1.54) is 6.07 Å². The van der Waals surface area contributed by atoms with Crippen LogP contribution in [0.1, 0.15) is 23.4 Å². The van der Waals surface area contributed by atoms with Crippen LogP contribution in [0, 0.1) is 0 Å². The van der Waals surface area contributed by atoms with Crippen molar-refractivity contribution in [3.8, 4) is 22.8 Å². The van der Waals surface area contributed by atoms with Crippen LogP contribution in [0.2, 0.25) is 0 Å². The molecule has 7 heteroatoms. The monoisotopic (exact) mass is 318 g/mol. The van der Waals surface area contributed by atoms with Crippen LogP contribution < -0.4 is 14.4 Å². The average molecular weight is 318 g/mol. The molecule has 1 saturated heterocycles. The van der Waals surface area contributed by atoms with Gasteiger partial charge in [0.2, 0.25) is 5.76 Å². The molecule has 0 radical (unpaired) electrons. The second kappa shape index (κ2) is 6.20. The van der Waals surface area contributed by atoms with Crippen LogP contribution in [0.25, 0.3) is 11.3 Å². The largest absolute Gasteiger partial charge is 0.496 e. The molecule has 1 fully saturated rings. The van der Waals surface area contributed by atoms with Crippen molar-refractivity contribution in [1.82, 2.24) is 5.16 Å². The van der Waals surface area contributed by atoms with E-state index in [1.54, 1.807) is 20.3 Å². The Hall–Kier alpha value is -2.70. The number of carbonyl (C=O) groups is 1. The fraction of sp³-hybridized carbons (Fsp3) is 0.375. The van der Waals surface area contributed by atoms with Crippen LogP contribution in [-0.4, -0.2) is 43.5 Å². The number of rotatable bonds is 5. The molecule has 23 heavy (non-hydrogen) atoms. The van der Waals surface area contributed by atoms with Crippen molar-refractivity contribution in [2.24, 2.45) is 0 Å². The third kappa shape index (κ3) is 2.81. The standard InChI is InChI=1S/C16H18N2O5/c1-21-13-9-12(18-5-3-4-6-18)14(22-2)7-10(13)11-8-15(16(19)20)23-17-11/h7-9H,3-6H2,1-2H3,(H,19,20). The third-order valence-corrected chi connectivity index (χ3v) is 3.94. The molecule has 3 rings (SSSR count). The zero-order valence-corrected chi connectivity index (χ0v) is 13.0. The highest BCUT2D eigenvalue weighted by Gasteiger charge is 2.22. The van der Waals surface area contributed by atoms with E-state index in [9.17, 15) is 4.79 Å². The lowest BCUT2D eigenvalue weighted by atomic mass is 10.1. The molecular weight excluding hydrogens is 300 g/mol. The number of methoxy groups -OCH3 is 2. The van der Waals surface area contributed by atoms with Crippen LogP contribution in [0.3, 0.4) is 0 Å². The van der Waals surface area contributed by atoms with Crippen molar-refractivity contribution in [3.63, 3.8) is 0 Å². The van der Waals surface area contributed by atoms with Gasteiger partial charge in [0.1, 0.15) is 17.2 Å². The third-order valence-electron chi connectivity index (χ3n) is 3.94. The Labute approximate surface area is 133 Å². The lowest BCUT2D eigenvalue weighted by molar-refractivity contribution is 0.0652. The maximum atomic E-state index is 11.0. The number of anilines is 1. The average Bonchev–Trinajstić information content (AvgIpc) is 3.24. The zero-order valence-electron chi connectivity index (χ0n) is 13.0. The topological polar surface area (TPSA) is 85.0 Å². The summed E-state index contributed by atoms with van der Waals surface area (Å²) in [6, 6.07) is 5.07. The zero-order chi connectivity index (χ0) is 16.4. The highest BCUT2D eigenvalue weighted by molar-refractivity contribution is 5.86. The van der Waals surface area contributed by atoms with Gasteiger partial charge in [-0.1, -0.05) is 5.16 Å². The minimum absolute atomic E-state index is 0.218. The normalized spacial score (nSPS) is 14.1. The van der Waals surface area contributed by atoms with Gasteiger partial charge in [-0.3, -0.25) is 0 Å². The molecular formula is C16H18N2O5. The van der Waals surface area contributed by atoms with Gasteiger partial charge in [-0.2, -0.15) is 0 Å². The molecule has 122 valence electrons. The molecule has 1 aromatic carbocycles. The first-order valence-corrected chi connectivity index (χ1v) is 7.35. The summed E-state index contributed by atoms with van der Waals surface area (Å²) in [6.07, 6.45) is 2.30. The van der Waals surface area contributed by atoms with Crippen molar-refractivity contribution in [2.45, 2.75) is 12.8 Å². The summed E-state index contributed by atoms with van der Waals surface area (Å²) >= 11 is 0. The Morgan fingerprint density at radius 1 is 1.17 bits per heavy atom. The van der Waals surface area contributed by atoms with Crippen LogP contribution in [0.5, 0.6) is 11.5 Å². The van der Waals surface area contributed by atoms with E-state index in [0.717, 1.165) is 31.6 Å². The number of carboxylic acids is 1.